The molecule has 0 atom stereocenters. The van der Waals surface area contributed by atoms with Gasteiger partial charge in [0.1, 0.15) is 10.6 Å². The van der Waals surface area contributed by atoms with Gasteiger partial charge < -0.3 is 10.4 Å². The number of anilines is 2. The van der Waals surface area contributed by atoms with E-state index in [0.29, 0.717) is 11.5 Å². The van der Waals surface area contributed by atoms with Gasteiger partial charge in [0.25, 0.3) is 0 Å². The zero-order valence-electron chi connectivity index (χ0n) is 10.9. The van der Waals surface area contributed by atoms with Crippen LogP contribution in [0, 0.1) is 6.92 Å². The van der Waals surface area contributed by atoms with Crippen molar-refractivity contribution in [1.29, 1.82) is 0 Å². The van der Waals surface area contributed by atoms with Crippen molar-refractivity contribution in [1.82, 2.24) is 9.97 Å². The van der Waals surface area contributed by atoms with Crippen LogP contribution in [0.25, 0.3) is 10.2 Å². The Morgan fingerprint density at radius 2 is 2.14 bits per heavy atom. The third kappa shape index (κ3) is 2.81. The lowest BCUT2D eigenvalue weighted by Crippen LogP contribution is -1.99. The third-order valence-corrected chi connectivity index (χ3v) is 3.97. The first kappa shape index (κ1) is 13.8. The number of fused-ring (bicyclic) bond motifs is 1. The molecule has 1 aromatic carbocycles. The molecule has 3 aromatic rings. The third-order valence-electron chi connectivity index (χ3n) is 2.86. The molecule has 3 rings (SSSR count). The summed E-state index contributed by atoms with van der Waals surface area (Å²) in [6, 6.07) is 8.49. The van der Waals surface area contributed by atoms with Crippen molar-refractivity contribution >= 4 is 50.6 Å². The topological polar surface area (TPSA) is 75.1 Å². The summed E-state index contributed by atoms with van der Waals surface area (Å²) in [5, 5.41) is 13.1. The highest BCUT2D eigenvalue weighted by Gasteiger charge is 2.11. The molecule has 0 radical (unpaired) electrons. The minimum atomic E-state index is -0.976. The first-order chi connectivity index (χ1) is 10.0. The monoisotopic (exact) mass is 319 g/mol. The summed E-state index contributed by atoms with van der Waals surface area (Å²) >= 11 is 7.46. The highest BCUT2D eigenvalue weighted by Crippen LogP contribution is 2.31. The Morgan fingerprint density at radius 3 is 2.90 bits per heavy atom. The normalized spacial score (nSPS) is 10.8. The molecule has 2 aromatic heterocycles. The molecule has 0 spiro atoms. The van der Waals surface area contributed by atoms with E-state index in [-0.39, 0.29) is 10.8 Å². The van der Waals surface area contributed by atoms with Crippen LogP contribution in [-0.2, 0) is 0 Å². The Bertz CT molecular complexity index is 847. The van der Waals surface area contributed by atoms with Crippen LogP contribution in [0.15, 0.2) is 30.3 Å². The van der Waals surface area contributed by atoms with Gasteiger partial charge >= 0.3 is 5.97 Å². The van der Waals surface area contributed by atoms with Crippen molar-refractivity contribution in [2.24, 2.45) is 0 Å². The van der Waals surface area contributed by atoms with Crippen molar-refractivity contribution in [3.63, 3.8) is 0 Å². The number of rotatable bonds is 3. The number of carbonyl (C=O) groups is 1. The predicted octanol–water partition coefficient (Wildman–Crippen LogP) is 4.09. The minimum absolute atomic E-state index is 0.154. The molecule has 106 valence electrons. The van der Waals surface area contributed by atoms with Gasteiger partial charge in [0.2, 0.25) is 5.28 Å². The maximum Gasteiger partial charge on any atom is 0.335 e. The molecule has 0 saturated carbocycles. The van der Waals surface area contributed by atoms with E-state index in [0.717, 1.165) is 15.1 Å². The highest BCUT2D eigenvalue weighted by molar-refractivity contribution is 7.18. The fraction of sp³-hybridized carbons (Fsp3) is 0.0714. The maximum absolute atomic E-state index is 11.0. The van der Waals surface area contributed by atoms with Gasteiger partial charge in [-0.2, -0.15) is 4.98 Å². The van der Waals surface area contributed by atoms with Crippen molar-refractivity contribution in [2.45, 2.75) is 6.92 Å². The van der Waals surface area contributed by atoms with E-state index in [1.165, 1.54) is 17.4 Å². The zero-order valence-corrected chi connectivity index (χ0v) is 12.5. The van der Waals surface area contributed by atoms with E-state index in [9.17, 15) is 4.79 Å². The summed E-state index contributed by atoms with van der Waals surface area (Å²) in [4.78, 5) is 21.3. The highest BCUT2D eigenvalue weighted by atomic mass is 35.5. The number of benzene rings is 1. The molecular formula is C14H10ClN3O2S. The second kappa shape index (κ2) is 5.31. The molecule has 5 nitrogen and oxygen atoms in total. The van der Waals surface area contributed by atoms with Gasteiger partial charge in [0.15, 0.2) is 0 Å². The van der Waals surface area contributed by atoms with E-state index < -0.39 is 5.97 Å². The summed E-state index contributed by atoms with van der Waals surface area (Å²) in [5.74, 6) is -0.409. The molecule has 0 unspecified atom stereocenters. The molecular weight excluding hydrogens is 310 g/mol. The van der Waals surface area contributed by atoms with Crippen LogP contribution >= 0.6 is 22.9 Å². The van der Waals surface area contributed by atoms with E-state index >= 15 is 0 Å². The largest absolute Gasteiger partial charge is 0.478 e. The number of carboxylic acids is 1. The Morgan fingerprint density at radius 1 is 1.33 bits per heavy atom. The Labute approximate surface area is 129 Å². The number of hydrogen-bond acceptors (Lipinski definition) is 5. The number of aromatic nitrogens is 2. The molecule has 0 saturated heterocycles. The van der Waals surface area contributed by atoms with E-state index in [2.05, 4.69) is 15.3 Å². The predicted molar refractivity (Wildman–Crippen MR) is 83.8 cm³/mol. The molecule has 21 heavy (non-hydrogen) atoms. The smallest absolute Gasteiger partial charge is 0.335 e. The van der Waals surface area contributed by atoms with Gasteiger partial charge in [0, 0.05) is 10.6 Å². The quantitative estimate of drug-likeness (QED) is 0.711. The summed E-state index contributed by atoms with van der Waals surface area (Å²) in [5.41, 5.74) is 0.840. The van der Waals surface area contributed by atoms with Crippen LogP contribution in [0.1, 0.15) is 15.2 Å². The van der Waals surface area contributed by atoms with E-state index in [1.807, 2.05) is 13.0 Å². The van der Waals surface area contributed by atoms with Gasteiger partial charge in [-0.05, 0) is 42.8 Å². The number of nitrogens with zero attached hydrogens (tertiary/aromatic N) is 2. The number of hydrogen-bond donors (Lipinski definition) is 2. The average Bonchev–Trinajstić information content (AvgIpc) is 2.79. The van der Waals surface area contributed by atoms with Crippen LogP contribution < -0.4 is 5.32 Å². The molecule has 0 aliphatic carbocycles. The first-order valence-electron chi connectivity index (χ1n) is 6.07. The molecule has 0 amide bonds. The first-order valence-corrected chi connectivity index (χ1v) is 7.26. The van der Waals surface area contributed by atoms with Gasteiger partial charge in [-0.1, -0.05) is 6.07 Å². The number of aryl methyl sites for hydroxylation is 1. The Hall–Kier alpha value is -2.18. The van der Waals surface area contributed by atoms with Crippen molar-refractivity contribution < 1.29 is 9.90 Å². The second-order valence-corrected chi connectivity index (χ2v) is 6.00. The lowest BCUT2D eigenvalue weighted by molar-refractivity contribution is 0.0697. The molecule has 2 N–H and O–H groups in total. The molecule has 0 aliphatic heterocycles. The van der Waals surface area contributed by atoms with Crippen molar-refractivity contribution in [3.05, 3.63) is 46.1 Å². The number of halogens is 1. The zero-order chi connectivity index (χ0) is 15.0. The number of thiophene rings is 1. The number of nitrogens with one attached hydrogen (secondary N) is 1. The maximum atomic E-state index is 11.0. The molecule has 2 heterocycles. The van der Waals surface area contributed by atoms with E-state index in [4.69, 9.17) is 16.7 Å². The summed E-state index contributed by atoms with van der Waals surface area (Å²) in [6.45, 7) is 1.98. The average molecular weight is 320 g/mol. The SMILES string of the molecule is Cc1cc2c(Nc3cccc(C(=O)O)c3)nc(Cl)nc2s1. The van der Waals surface area contributed by atoms with Crippen molar-refractivity contribution in [3.8, 4) is 0 Å². The van der Waals surface area contributed by atoms with Crippen LogP contribution in [0.3, 0.4) is 0 Å². The Kier molecular flexibility index (Phi) is 3.48. The molecule has 0 fully saturated rings. The van der Waals surface area contributed by atoms with Crippen LogP contribution in [0.5, 0.6) is 0 Å². The van der Waals surface area contributed by atoms with Crippen LogP contribution in [0.4, 0.5) is 11.5 Å². The van der Waals surface area contributed by atoms with E-state index in [1.54, 1.807) is 18.2 Å². The number of carboxylic acid groups (broad SMARTS) is 1. The van der Waals surface area contributed by atoms with Crippen LogP contribution in [0.2, 0.25) is 5.28 Å². The van der Waals surface area contributed by atoms with Gasteiger partial charge in [-0.3, -0.25) is 0 Å². The van der Waals surface area contributed by atoms with Gasteiger partial charge in [-0.15, -0.1) is 11.3 Å². The standard InChI is InChI=1S/C14H10ClN3O2S/c1-7-5-10-11(17-14(15)18-12(10)21-7)16-9-4-2-3-8(6-9)13(19)20/h2-6H,1H3,(H,19,20)(H,16,17,18). The van der Waals surface area contributed by atoms with Gasteiger partial charge in [0.05, 0.1) is 10.9 Å². The molecule has 0 aliphatic rings. The lowest BCUT2D eigenvalue weighted by atomic mass is 10.2. The van der Waals surface area contributed by atoms with Crippen molar-refractivity contribution in [2.75, 3.05) is 5.32 Å². The van der Waals surface area contributed by atoms with Gasteiger partial charge in [-0.25, -0.2) is 9.78 Å². The summed E-state index contributed by atoms with van der Waals surface area (Å²) in [7, 11) is 0. The molecule has 7 heteroatoms. The fourth-order valence-electron chi connectivity index (χ4n) is 1.98. The summed E-state index contributed by atoms with van der Waals surface area (Å²) < 4.78 is 0. The minimum Gasteiger partial charge on any atom is -0.478 e. The van der Waals surface area contributed by atoms with Crippen LogP contribution in [-0.4, -0.2) is 21.0 Å². The lowest BCUT2D eigenvalue weighted by Gasteiger charge is -2.07. The summed E-state index contributed by atoms with van der Waals surface area (Å²) in [6.07, 6.45) is 0. The fourth-order valence-corrected chi connectivity index (χ4v) is 3.08. The molecule has 0 bridgehead atoms. The Balaban J connectivity index is 2.05. The number of aromatic carboxylic acids is 1. The second-order valence-electron chi connectivity index (χ2n) is 4.43.